The van der Waals surface area contributed by atoms with Crippen LogP contribution in [0.5, 0.6) is 0 Å². The Labute approximate surface area is 80.8 Å². The van der Waals surface area contributed by atoms with Gasteiger partial charge in [-0.05, 0) is 31.7 Å². The molecule has 0 radical (unpaired) electrons. The lowest BCUT2D eigenvalue weighted by Gasteiger charge is -2.25. The second-order valence-electron chi connectivity index (χ2n) is 4.29. The molecule has 0 aromatic heterocycles. The molecule has 3 atom stereocenters. The molecule has 0 aliphatic heterocycles. The number of amidine groups is 1. The Kier molecular flexibility index (Phi) is 3.31. The summed E-state index contributed by atoms with van der Waals surface area (Å²) in [6.07, 6.45) is 2.28. The van der Waals surface area contributed by atoms with Crippen LogP contribution in [-0.4, -0.2) is 30.4 Å². The van der Waals surface area contributed by atoms with Gasteiger partial charge in [0.1, 0.15) is 5.84 Å². The van der Waals surface area contributed by atoms with Gasteiger partial charge in [0.05, 0.1) is 6.04 Å². The number of nitrogens with zero attached hydrogens (tertiary/aromatic N) is 1. The monoisotopic (exact) mass is 183 g/mol. The number of nitrogens with two attached hydrogens (primary N) is 1. The molecule has 3 heteroatoms. The van der Waals surface area contributed by atoms with E-state index in [0.29, 0.717) is 5.84 Å². The zero-order valence-electron chi connectivity index (χ0n) is 8.88. The van der Waals surface area contributed by atoms with Crippen molar-refractivity contribution in [3.63, 3.8) is 0 Å². The Morgan fingerprint density at radius 2 is 2.23 bits per heavy atom. The predicted molar refractivity (Wildman–Crippen MR) is 55.9 cm³/mol. The Balaban J connectivity index is 2.35. The van der Waals surface area contributed by atoms with Crippen LogP contribution in [0, 0.1) is 17.2 Å². The smallest absolute Gasteiger partial charge is 0.108 e. The first-order valence-electron chi connectivity index (χ1n) is 5.10. The van der Waals surface area contributed by atoms with Crippen molar-refractivity contribution >= 4 is 5.84 Å². The summed E-state index contributed by atoms with van der Waals surface area (Å²) in [6.45, 7) is 5.46. The van der Waals surface area contributed by atoms with E-state index in [-0.39, 0.29) is 6.04 Å². The molecule has 0 amide bonds. The topological polar surface area (TPSA) is 53.1 Å². The standard InChI is InChI=1S/C10H21N3/c1-4-9(10(11)12)13(3)6-8-5-7(8)2/h7-9H,4-6H2,1-3H3,(H3,11,12). The van der Waals surface area contributed by atoms with Gasteiger partial charge in [-0.15, -0.1) is 0 Å². The Bertz CT molecular complexity index is 191. The molecular formula is C10H21N3. The summed E-state index contributed by atoms with van der Waals surface area (Å²) in [7, 11) is 2.07. The second kappa shape index (κ2) is 4.09. The van der Waals surface area contributed by atoms with Crippen molar-refractivity contribution in [2.45, 2.75) is 32.7 Å². The second-order valence-corrected chi connectivity index (χ2v) is 4.29. The van der Waals surface area contributed by atoms with Crippen LogP contribution in [-0.2, 0) is 0 Å². The molecule has 1 aliphatic rings. The fraction of sp³-hybridized carbons (Fsp3) is 0.900. The first kappa shape index (κ1) is 10.5. The van der Waals surface area contributed by atoms with E-state index < -0.39 is 0 Å². The van der Waals surface area contributed by atoms with E-state index >= 15 is 0 Å². The maximum atomic E-state index is 7.43. The van der Waals surface area contributed by atoms with E-state index in [1.165, 1.54) is 6.42 Å². The Morgan fingerprint density at radius 3 is 2.54 bits per heavy atom. The fourth-order valence-corrected chi connectivity index (χ4v) is 1.92. The van der Waals surface area contributed by atoms with Crippen LogP contribution >= 0.6 is 0 Å². The molecule has 1 aliphatic carbocycles. The van der Waals surface area contributed by atoms with Crippen molar-refractivity contribution in [2.24, 2.45) is 17.6 Å². The van der Waals surface area contributed by atoms with Gasteiger partial charge >= 0.3 is 0 Å². The largest absolute Gasteiger partial charge is 0.386 e. The zero-order chi connectivity index (χ0) is 10.0. The van der Waals surface area contributed by atoms with E-state index in [1.54, 1.807) is 0 Å². The minimum absolute atomic E-state index is 0.146. The molecule has 0 aromatic rings. The lowest BCUT2D eigenvalue weighted by atomic mass is 10.1. The number of hydrogen-bond acceptors (Lipinski definition) is 2. The van der Waals surface area contributed by atoms with Crippen molar-refractivity contribution in [3.8, 4) is 0 Å². The highest BCUT2D eigenvalue weighted by Crippen LogP contribution is 2.38. The number of rotatable bonds is 5. The van der Waals surface area contributed by atoms with E-state index in [2.05, 4.69) is 25.8 Å². The normalized spacial score (nSPS) is 28.9. The van der Waals surface area contributed by atoms with Crippen LogP contribution in [0.3, 0.4) is 0 Å². The minimum atomic E-state index is 0.146. The molecule has 1 fully saturated rings. The molecule has 0 aromatic carbocycles. The van der Waals surface area contributed by atoms with Crippen LogP contribution in [0.25, 0.3) is 0 Å². The van der Waals surface area contributed by atoms with Gasteiger partial charge in [0, 0.05) is 6.54 Å². The lowest BCUT2D eigenvalue weighted by Crippen LogP contribution is -2.42. The number of hydrogen-bond donors (Lipinski definition) is 2. The summed E-state index contributed by atoms with van der Waals surface area (Å²) in [5.41, 5.74) is 5.52. The molecule has 0 saturated heterocycles. The maximum Gasteiger partial charge on any atom is 0.108 e. The van der Waals surface area contributed by atoms with Gasteiger partial charge in [0.2, 0.25) is 0 Å². The van der Waals surface area contributed by atoms with Crippen molar-refractivity contribution in [2.75, 3.05) is 13.6 Å². The highest BCUT2D eigenvalue weighted by molar-refractivity contribution is 5.82. The van der Waals surface area contributed by atoms with Crippen LogP contribution in [0.1, 0.15) is 26.7 Å². The quantitative estimate of drug-likeness (QED) is 0.498. The van der Waals surface area contributed by atoms with Gasteiger partial charge in [-0.2, -0.15) is 0 Å². The van der Waals surface area contributed by atoms with Crippen LogP contribution < -0.4 is 5.73 Å². The predicted octanol–water partition coefficient (Wildman–Crippen LogP) is 1.29. The Morgan fingerprint density at radius 1 is 1.69 bits per heavy atom. The fourth-order valence-electron chi connectivity index (χ4n) is 1.92. The summed E-state index contributed by atoms with van der Waals surface area (Å²) >= 11 is 0. The van der Waals surface area contributed by atoms with Crippen LogP contribution in [0.4, 0.5) is 0 Å². The van der Waals surface area contributed by atoms with E-state index in [4.69, 9.17) is 11.1 Å². The molecule has 3 N–H and O–H groups in total. The Hall–Kier alpha value is -0.570. The third kappa shape index (κ3) is 2.69. The average molecular weight is 183 g/mol. The number of nitrogens with one attached hydrogen (secondary N) is 1. The van der Waals surface area contributed by atoms with Gasteiger partial charge in [0.15, 0.2) is 0 Å². The summed E-state index contributed by atoms with van der Waals surface area (Å²) < 4.78 is 0. The molecule has 0 spiro atoms. The summed E-state index contributed by atoms with van der Waals surface area (Å²) in [5.74, 6) is 2.03. The van der Waals surface area contributed by atoms with Crippen molar-refractivity contribution < 1.29 is 0 Å². The third-order valence-corrected chi connectivity index (χ3v) is 3.08. The first-order valence-corrected chi connectivity index (χ1v) is 5.10. The SMILES string of the molecule is CCC(C(=N)N)N(C)CC1CC1C. The summed E-state index contributed by atoms with van der Waals surface area (Å²) in [6, 6.07) is 0.146. The third-order valence-electron chi connectivity index (χ3n) is 3.08. The highest BCUT2D eigenvalue weighted by atomic mass is 15.2. The summed E-state index contributed by atoms with van der Waals surface area (Å²) in [4.78, 5) is 2.22. The van der Waals surface area contributed by atoms with Gasteiger partial charge in [-0.3, -0.25) is 10.3 Å². The molecule has 3 nitrogen and oxygen atoms in total. The molecule has 3 unspecified atom stereocenters. The molecule has 1 saturated carbocycles. The molecule has 1 rings (SSSR count). The molecule has 76 valence electrons. The van der Waals surface area contributed by atoms with Crippen LogP contribution in [0.15, 0.2) is 0 Å². The van der Waals surface area contributed by atoms with E-state index in [0.717, 1.165) is 24.8 Å². The van der Waals surface area contributed by atoms with Crippen LogP contribution in [0.2, 0.25) is 0 Å². The van der Waals surface area contributed by atoms with Crippen molar-refractivity contribution in [1.82, 2.24) is 4.90 Å². The average Bonchev–Trinajstić information content (AvgIpc) is 2.66. The van der Waals surface area contributed by atoms with E-state index in [9.17, 15) is 0 Å². The first-order chi connectivity index (χ1) is 6.06. The minimum Gasteiger partial charge on any atom is -0.386 e. The number of likely N-dealkylation sites (N-methyl/N-ethyl adjacent to an activating group) is 1. The van der Waals surface area contributed by atoms with Gasteiger partial charge in [-0.1, -0.05) is 13.8 Å². The molecule has 0 heterocycles. The molecular weight excluding hydrogens is 162 g/mol. The zero-order valence-corrected chi connectivity index (χ0v) is 8.88. The maximum absolute atomic E-state index is 7.43. The van der Waals surface area contributed by atoms with Gasteiger partial charge in [0.25, 0.3) is 0 Å². The molecule has 13 heavy (non-hydrogen) atoms. The lowest BCUT2D eigenvalue weighted by molar-refractivity contribution is 0.273. The highest BCUT2D eigenvalue weighted by Gasteiger charge is 2.34. The van der Waals surface area contributed by atoms with Gasteiger partial charge < -0.3 is 5.73 Å². The van der Waals surface area contributed by atoms with E-state index in [1.807, 2.05) is 0 Å². The molecule has 0 bridgehead atoms. The summed E-state index contributed by atoms with van der Waals surface area (Å²) in [5, 5.41) is 7.43. The van der Waals surface area contributed by atoms with Crippen molar-refractivity contribution in [3.05, 3.63) is 0 Å². The van der Waals surface area contributed by atoms with Crippen molar-refractivity contribution in [1.29, 1.82) is 5.41 Å². The van der Waals surface area contributed by atoms with Gasteiger partial charge in [-0.25, -0.2) is 0 Å².